The van der Waals surface area contributed by atoms with E-state index in [9.17, 15) is 4.79 Å². The number of rotatable bonds is 3. The SMILES string of the molecule is Cc1cc(Cl)c(C(=O)NC(C)c2ccc(Cl)cc2Cl)cn1. The number of carbonyl (C=O) groups is 1. The van der Waals surface area contributed by atoms with E-state index < -0.39 is 0 Å². The highest BCUT2D eigenvalue weighted by Crippen LogP contribution is 2.26. The fourth-order valence-electron chi connectivity index (χ4n) is 1.90. The van der Waals surface area contributed by atoms with E-state index in [1.807, 2.05) is 13.8 Å². The highest BCUT2D eigenvalue weighted by atomic mass is 35.5. The number of nitrogens with one attached hydrogen (secondary N) is 1. The van der Waals surface area contributed by atoms with Crippen LogP contribution in [0.5, 0.6) is 0 Å². The molecule has 1 aromatic carbocycles. The van der Waals surface area contributed by atoms with Crippen LogP contribution in [0.1, 0.15) is 34.6 Å². The lowest BCUT2D eigenvalue weighted by molar-refractivity contribution is 0.0939. The molecule has 1 amide bonds. The molecule has 0 saturated carbocycles. The minimum atomic E-state index is -0.300. The summed E-state index contributed by atoms with van der Waals surface area (Å²) in [5.74, 6) is -0.300. The van der Waals surface area contributed by atoms with Crippen LogP contribution in [0.25, 0.3) is 0 Å². The first kappa shape index (κ1) is 16.1. The number of hydrogen-bond acceptors (Lipinski definition) is 2. The molecule has 1 unspecified atom stereocenters. The fourth-order valence-corrected chi connectivity index (χ4v) is 2.76. The summed E-state index contributed by atoms with van der Waals surface area (Å²) in [6.45, 7) is 3.65. The van der Waals surface area contributed by atoms with Gasteiger partial charge in [0.05, 0.1) is 16.6 Å². The third-order valence-electron chi connectivity index (χ3n) is 3.01. The summed E-state index contributed by atoms with van der Waals surface area (Å²) < 4.78 is 0. The average Bonchev–Trinajstić information content (AvgIpc) is 2.37. The molecule has 0 aliphatic heterocycles. The van der Waals surface area contributed by atoms with Crippen LogP contribution in [0.3, 0.4) is 0 Å². The number of aromatic nitrogens is 1. The second-order valence-corrected chi connectivity index (χ2v) is 5.92. The van der Waals surface area contributed by atoms with Crippen molar-refractivity contribution in [2.75, 3.05) is 0 Å². The average molecular weight is 344 g/mol. The van der Waals surface area contributed by atoms with Gasteiger partial charge in [-0.15, -0.1) is 0 Å². The molecule has 0 bridgehead atoms. The maximum Gasteiger partial charge on any atom is 0.254 e. The minimum Gasteiger partial charge on any atom is -0.345 e. The summed E-state index contributed by atoms with van der Waals surface area (Å²) in [5, 5.41) is 4.26. The van der Waals surface area contributed by atoms with Crippen molar-refractivity contribution in [3.63, 3.8) is 0 Å². The van der Waals surface area contributed by atoms with Gasteiger partial charge < -0.3 is 5.32 Å². The number of amides is 1. The molecule has 1 N–H and O–H groups in total. The van der Waals surface area contributed by atoms with Crippen molar-refractivity contribution in [1.29, 1.82) is 0 Å². The number of halogens is 3. The minimum absolute atomic E-state index is 0.278. The fraction of sp³-hybridized carbons (Fsp3) is 0.200. The maximum atomic E-state index is 12.2. The van der Waals surface area contributed by atoms with Gasteiger partial charge in [0.25, 0.3) is 5.91 Å². The van der Waals surface area contributed by atoms with E-state index in [2.05, 4.69) is 10.3 Å². The Labute approximate surface area is 138 Å². The lowest BCUT2D eigenvalue weighted by Gasteiger charge is -2.16. The van der Waals surface area contributed by atoms with Gasteiger partial charge in [0.1, 0.15) is 0 Å². The molecular weight excluding hydrogens is 331 g/mol. The summed E-state index contributed by atoms with van der Waals surface area (Å²) >= 11 is 18.1. The van der Waals surface area contributed by atoms with Crippen molar-refractivity contribution in [2.45, 2.75) is 19.9 Å². The predicted molar refractivity (Wildman–Crippen MR) is 86.3 cm³/mol. The topological polar surface area (TPSA) is 42.0 Å². The van der Waals surface area contributed by atoms with Crippen molar-refractivity contribution in [1.82, 2.24) is 10.3 Å². The summed E-state index contributed by atoms with van der Waals surface area (Å²) in [5.41, 5.74) is 1.87. The predicted octanol–water partition coefficient (Wildman–Crippen LogP) is 4.84. The van der Waals surface area contributed by atoms with Gasteiger partial charge in [-0.3, -0.25) is 9.78 Å². The lowest BCUT2D eigenvalue weighted by atomic mass is 10.1. The second kappa shape index (κ2) is 6.65. The van der Waals surface area contributed by atoms with Crippen LogP contribution in [0.15, 0.2) is 30.5 Å². The van der Waals surface area contributed by atoms with E-state index in [1.165, 1.54) is 6.20 Å². The number of aryl methyl sites for hydroxylation is 1. The maximum absolute atomic E-state index is 12.2. The molecular formula is C15H13Cl3N2O. The molecule has 0 saturated heterocycles. The molecule has 6 heteroatoms. The van der Waals surface area contributed by atoms with Crippen molar-refractivity contribution in [2.24, 2.45) is 0 Å². The van der Waals surface area contributed by atoms with Gasteiger partial charge in [0.15, 0.2) is 0 Å². The Morgan fingerprint density at radius 2 is 1.90 bits per heavy atom. The quantitative estimate of drug-likeness (QED) is 0.866. The Morgan fingerprint density at radius 1 is 1.19 bits per heavy atom. The Kier molecular flexibility index (Phi) is 5.09. The molecule has 0 aliphatic rings. The van der Waals surface area contributed by atoms with Crippen molar-refractivity contribution < 1.29 is 4.79 Å². The molecule has 0 radical (unpaired) electrons. The van der Waals surface area contributed by atoms with Gasteiger partial charge in [0, 0.05) is 21.9 Å². The Balaban J connectivity index is 2.18. The molecule has 3 nitrogen and oxygen atoms in total. The normalized spacial score (nSPS) is 12.0. The van der Waals surface area contributed by atoms with E-state index in [1.54, 1.807) is 24.3 Å². The third kappa shape index (κ3) is 3.88. The third-order valence-corrected chi connectivity index (χ3v) is 3.89. The van der Waals surface area contributed by atoms with Gasteiger partial charge in [0.2, 0.25) is 0 Å². The number of pyridine rings is 1. The Morgan fingerprint density at radius 3 is 2.52 bits per heavy atom. The first-order valence-electron chi connectivity index (χ1n) is 6.26. The summed E-state index contributed by atoms with van der Waals surface area (Å²) in [4.78, 5) is 16.3. The first-order chi connectivity index (χ1) is 9.88. The van der Waals surface area contributed by atoms with Crippen LogP contribution >= 0.6 is 34.8 Å². The summed E-state index contributed by atoms with van der Waals surface area (Å²) in [6, 6.07) is 6.52. The molecule has 0 aliphatic carbocycles. The van der Waals surface area contributed by atoms with E-state index in [4.69, 9.17) is 34.8 Å². The molecule has 2 rings (SSSR count). The van der Waals surface area contributed by atoms with Crippen LogP contribution in [-0.2, 0) is 0 Å². The lowest BCUT2D eigenvalue weighted by Crippen LogP contribution is -2.27. The zero-order valence-electron chi connectivity index (χ0n) is 11.5. The molecule has 2 aromatic rings. The number of nitrogens with zero attached hydrogens (tertiary/aromatic N) is 1. The number of hydrogen-bond donors (Lipinski definition) is 1. The highest BCUT2D eigenvalue weighted by Gasteiger charge is 2.16. The molecule has 1 atom stereocenters. The zero-order valence-corrected chi connectivity index (χ0v) is 13.7. The van der Waals surface area contributed by atoms with Crippen LogP contribution in [0, 0.1) is 6.92 Å². The monoisotopic (exact) mass is 342 g/mol. The van der Waals surface area contributed by atoms with E-state index in [0.717, 1.165) is 11.3 Å². The van der Waals surface area contributed by atoms with Crippen LogP contribution < -0.4 is 5.32 Å². The standard InChI is InChI=1S/C15H13Cl3N2O/c1-8-5-13(17)12(7-19-8)15(21)20-9(2)11-4-3-10(16)6-14(11)18/h3-7,9H,1-2H3,(H,20,21). The van der Waals surface area contributed by atoms with Gasteiger partial charge in [-0.25, -0.2) is 0 Å². The van der Waals surface area contributed by atoms with Gasteiger partial charge >= 0.3 is 0 Å². The second-order valence-electron chi connectivity index (χ2n) is 4.67. The van der Waals surface area contributed by atoms with Crippen molar-refractivity contribution in [3.8, 4) is 0 Å². The molecule has 0 spiro atoms. The Bertz CT molecular complexity index is 689. The summed E-state index contributed by atoms with van der Waals surface area (Å²) in [7, 11) is 0. The van der Waals surface area contributed by atoms with Crippen molar-refractivity contribution >= 4 is 40.7 Å². The van der Waals surface area contributed by atoms with E-state index in [-0.39, 0.29) is 11.9 Å². The smallest absolute Gasteiger partial charge is 0.254 e. The van der Waals surface area contributed by atoms with Crippen LogP contribution in [0.2, 0.25) is 15.1 Å². The van der Waals surface area contributed by atoms with Gasteiger partial charge in [-0.05, 0) is 37.6 Å². The Hall–Kier alpha value is -1.29. The zero-order chi connectivity index (χ0) is 15.6. The number of carbonyl (C=O) groups excluding carboxylic acids is 1. The number of benzene rings is 1. The summed E-state index contributed by atoms with van der Waals surface area (Å²) in [6.07, 6.45) is 1.46. The van der Waals surface area contributed by atoms with Crippen LogP contribution in [0.4, 0.5) is 0 Å². The molecule has 1 aromatic heterocycles. The first-order valence-corrected chi connectivity index (χ1v) is 7.40. The molecule has 110 valence electrons. The molecule has 21 heavy (non-hydrogen) atoms. The highest BCUT2D eigenvalue weighted by molar-refractivity contribution is 6.35. The largest absolute Gasteiger partial charge is 0.345 e. The van der Waals surface area contributed by atoms with E-state index in [0.29, 0.717) is 20.6 Å². The molecule has 0 fully saturated rings. The van der Waals surface area contributed by atoms with Crippen LogP contribution in [-0.4, -0.2) is 10.9 Å². The van der Waals surface area contributed by atoms with Gasteiger partial charge in [-0.1, -0.05) is 40.9 Å². The molecule has 1 heterocycles. The van der Waals surface area contributed by atoms with Crippen molar-refractivity contribution in [3.05, 3.63) is 62.4 Å². The van der Waals surface area contributed by atoms with Gasteiger partial charge in [-0.2, -0.15) is 0 Å². The van der Waals surface area contributed by atoms with E-state index >= 15 is 0 Å².